The molecule has 0 aliphatic heterocycles. The smallest absolute Gasteiger partial charge is 0.361 e. The molecule has 56 heavy (non-hydrogen) atoms. The van der Waals surface area contributed by atoms with Crippen LogP contribution in [0.15, 0.2) is 48.6 Å². The summed E-state index contributed by atoms with van der Waals surface area (Å²) in [6.45, 7) is 4.75. The van der Waals surface area contributed by atoms with Crippen molar-refractivity contribution in [3.8, 4) is 0 Å². The highest BCUT2D eigenvalue weighted by Crippen LogP contribution is 2.13. The second-order valence-corrected chi connectivity index (χ2v) is 16.0. The molecule has 0 bridgehead atoms. The van der Waals surface area contributed by atoms with Crippen molar-refractivity contribution in [3.63, 3.8) is 0 Å². The van der Waals surface area contributed by atoms with Crippen molar-refractivity contribution in [2.75, 3.05) is 47.5 Å². The molecule has 2 unspecified atom stereocenters. The van der Waals surface area contributed by atoms with Gasteiger partial charge in [0.05, 0.1) is 34.4 Å². The Morgan fingerprint density at radius 1 is 0.536 bits per heavy atom. The number of esters is 2. The number of carboxylic acids is 1. The number of hydrogen-bond acceptors (Lipinski definition) is 7. The van der Waals surface area contributed by atoms with Crippen LogP contribution in [0.4, 0.5) is 0 Å². The standard InChI is InChI=1S/C47H83NO8/c1-6-8-10-12-14-16-18-19-20-21-22-23-24-25-26-27-28-30-32-34-36-38-45(50)56-43(42-55-47(46(51)52)53-40-39-48(3,4)5)41-54-44(49)37-35-33-31-29-17-15-13-11-9-7-2/h11,13,18-19,21-22,24-25,43,47H,6-10,12,14-17,20,23,26-42H2,1-5H3/p+1/b13-11-,19-18-,22-21-,25-24-. The molecule has 0 aliphatic carbocycles. The second-order valence-electron chi connectivity index (χ2n) is 16.0. The van der Waals surface area contributed by atoms with E-state index >= 15 is 0 Å². The van der Waals surface area contributed by atoms with Gasteiger partial charge in [0.15, 0.2) is 6.10 Å². The van der Waals surface area contributed by atoms with Crippen LogP contribution in [0.1, 0.15) is 174 Å². The molecule has 0 spiro atoms. The first-order valence-electron chi connectivity index (χ1n) is 22.3. The van der Waals surface area contributed by atoms with Crippen LogP contribution >= 0.6 is 0 Å². The van der Waals surface area contributed by atoms with Crippen LogP contribution in [0.2, 0.25) is 0 Å². The third kappa shape index (κ3) is 39.5. The van der Waals surface area contributed by atoms with Gasteiger partial charge in [0, 0.05) is 12.8 Å². The summed E-state index contributed by atoms with van der Waals surface area (Å²) in [5.41, 5.74) is 0. The zero-order valence-corrected chi connectivity index (χ0v) is 36.5. The van der Waals surface area contributed by atoms with Gasteiger partial charge in [-0.3, -0.25) is 9.59 Å². The minimum absolute atomic E-state index is 0.182. The van der Waals surface area contributed by atoms with Crippen molar-refractivity contribution < 1.29 is 42.9 Å². The van der Waals surface area contributed by atoms with E-state index in [1.165, 1.54) is 44.9 Å². The van der Waals surface area contributed by atoms with Gasteiger partial charge >= 0.3 is 17.9 Å². The zero-order chi connectivity index (χ0) is 41.4. The van der Waals surface area contributed by atoms with Gasteiger partial charge in [0.2, 0.25) is 0 Å². The lowest BCUT2D eigenvalue weighted by atomic mass is 10.1. The molecule has 0 rings (SSSR count). The Morgan fingerprint density at radius 3 is 1.52 bits per heavy atom. The Morgan fingerprint density at radius 2 is 1.00 bits per heavy atom. The van der Waals surface area contributed by atoms with Gasteiger partial charge in [0.1, 0.15) is 13.2 Å². The van der Waals surface area contributed by atoms with Crippen molar-refractivity contribution in [3.05, 3.63) is 48.6 Å². The molecular weight excluding hydrogens is 707 g/mol. The minimum atomic E-state index is -1.51. The van der Waals surface area contributed by atoms with Gasteiger partial charge in [0.25, 0.3) is 6.29 Å². The minimum Gasteiger partial charge on any atom is -0.477 e. The number of quaternary nitrogens is 1. The average molecular weight is 791 g/mol. The molecule has 0 saturated carbocycles. The highest BCUT2D eigenvalue weighted by Gasteiger charge is 2.25. The van der Waals surface area contributed by atoms with E-state index in [-0.39, 0.29) is 38.6 Å². The molecule has 0 aromatic heterocycles. The van der Waals surface area contributed by atoms with Gasteiger partial charge in [-0.1, -0.05) is 140 Å². The topological polar surface area (TPSA) is 108 Å². The predicted octanol–water partition coefficient (Wildman–Crippen LogP) is 11.6. The Hall–Kier alpha value is -2.75. The second kappa shape index (κ2) is 39.1. The third-order valence-electron chi connectivity index (χ3n) is 9.29. The molecule has 0 aromatic carbocycles. The monoisotopic (exact) mass is 791 g/mol. The van der Waals surface area contributed by atoms with E-state index in [9.17, 15) is 19.5 Å². The van der Waals surface area contributed by atoms with Gasteiger partial charge in [-0.15, -0.1) is 0 Å². The summed E-state index contributed by atoms with van der Waals surface area (Å²) in [4.78, 5) is 37.0. The van der Waals surface area contributed by atoms with Crippen LogP contribution in [0, 0.1) is 0 Å². The molecular formula is C47H84NO8+. The average Bonchev–Trinajstić information content (AvgIpc) is 3.15. The van der Waals surface area contributed by atoms with Gasteiger partial charge in [-0.25, -0.2) is 4.79 Å². The first-order chi connectivity index (χ1) is 27.1. The molecule has 0 aromatic rings. The van der Waals surface area contributed by atoms with E-state index in [2.05, 4.69) is 62.5 Å². The van der Waals surface area contributed by atoms with E-state index in [0.717, 1.165) is 96.3 Å². The van der Waals surface area contributed by atoms with Crippen molar-refractivity contribution in [1.29, 1.82) is 0 Å². The molecule has 324 valence electrons. The fourth-order valence-corrected chi connectivity index (χ4v) is 5.78. The fourth-order valence-electron chi connectivity index (χ4n) is 5.78. The fraction of sp³-hybridized carbons (Fsp3) is 0.766. The molecule has 9 heteroatoms. The van der Waals surface area contributed by atoms with Gasteiger partial charge < -0.3 is 28.5 Å². The lowest BCUT2D eigenvalue weighted by Crippen LogP contribution is -2.40. The highest BCUT2D eigenvalue weighted by atomic mass is 16.7. The van der Waals surface area contributed by atoms with Crippen LogP contribution in [0.5, 0.6) is 0 Å². The number of ether oxygens (including phenoxy) is 4. The summed E-state index contributed by atoms with van der Waals surface area (Å²) in [5.74, 6) is -2.04. The Kier molecular flexibility index (Phi) is 37.2. The maximum Gasteiger partial charge on any atom is 0.361 e. The summed E-state index contributed by atoms with van der Waals surface area (Å²) < 4.78 is 22.7. The number of rotatable bonds is 40. The first-order valence-corrected chi connectivity index (χ1v) is 22.3. The maximum absolute atomic E-state index is 12.7. The summed E-state index contributed by atoms with van der Waals surface area (Å²) in [5, 5.41) is 9.62. The molecule has 0 heterocycles. The number of unbranched alkanes of at least 4 members (excludes halogenated alkanes) is 17. The van der Waals surface area contributed by atoms with E-state index < -0.39 is 24.3 Å². The van der Waals surface area contributed by atoms with Gasteiger partial charge in [-0.2, -0.15) is 0 Å². The molecule has 0 aliphatic rings. The van der Waals surface area contributed by atoms with Crippen LogP contribution in [0.3, 0.4) is 0 Å². The predicted molar refractivity (Wildman–Crippen MR) is 230 cm³/mol. The molecule has 0 fully saturated rings. The lowest BCUT2D eigenvalue weighted by molar-refractivity contribution is -0.870. The number of likely N-dealkylation sites (N-methyl/N-ethyl adjacent to an activating group) is 1. The normalized spacial score (nSPS) is 13.4. The van der Waals surface area contributed by atoms with Crippen molar-refractivity contribution in [1.82, 2.24) is 0 Å². The number of carbonyl (C=O) groups is 3. The first kappa shape index (κ1) is 53.2. The van der Waals surface area contributed by atoms with E-state index in [4.69, 9.17) is 18.9 Å². The Labute approximate surface area is 342 Å². The van der Waals surface area contributed by atoms with Crippen LogP contribution in [-0.2, 0) is 33.3 Å². The number of aliphatic carboxylic acids is 1. The third-order valence-corrected chi connectivity index (χ3v) is 9.29. The Balaban J connectivity index is 4.42. The highest BCUT2D eigenvalue weighted by molar-refractivity contribution is 5.71. The molecule has 0 saturated heterocycles. The SMILES string of the molecule is CCC/C=C\CCCCCCCC(=O)OCC(COC(OCC[N+](C)(C)C)C(=O)O)OC(=O)CCCCCCCC/C=C\C/C=C\C/C=C\CCCCCCC. The van der Waals surface area contributed by atoms with Crippen LogP contribution in [-0.4, -0.2) is 87.4 Å². The summed E-state index contributed by atoms with van der Waals surface area (Å²) >= 11 is 0. The maximum atomic E-state index is 12.7. The molecule has 0 amide bonds. The van der Waals surface area contributed by atoms with Crippen molar-refractivity contribution in [2.24, 2.45) is 0 Å². The largest absolute Gasteiger partial charge is 0.477 e. The molecule has 2 atom stereocenters. The van der Waals surface area contributed by atoms with Crippen molar-refractivity contribution >= 4 is 17.9 Å². The van der Waals surface area contributed by atoms with Crippen molar-refractivity contribution in [2.45, 2.75) is 187 Å². The Bertz CT molecular complexity index is 1060. The lowest BCUT2D eigenvalue weighted by Gasteiger charge is -2.25. The summed E-state index contributed by atoms with van der Waals surface area (Å²) in [7, 11) is 5.94. The van der Waals surface area contributed by atoms with E-state index in [1.807, 2.05) is 21.1 Å². The van der Waals surface area contributed by atoms with E-state index in [1.54, 1.807) is 0 Å². The van der Waals surface area contributed by atoms with Gasteiger partial charge in [-0.05, 0) is 70.6 Å². The molecule has 9 nitrogen and oxygen atoms in total. The number of carbonyl (C=O) groups excluding carboxylic acids is 2. The quantitative estimate of drug-likeness (QED) is 0.0215. The molecule has 1 N–H and O–H groups in total. The van der Waals surface area contributed by atoms with Crippen LogP contribution < -0.4 is 0 Å². The number of carboxylic acid groups (broad SMARTS) is 1. The number of nitrogens with zero attached hydrogens (tertiary/aromatic N) is 1. The summed E-state index contributed by atoms with van der Waals surface area (Å²) in [6, 6.07) is 0. The molecule has 0 radical (unpaired) electrons. The van der Waals surface area contributed by atoms with E-state index in [0.29, 0.717) is 17.4 Å². The zero-order valence-electron chi connectivity index (χ0n) is 36.5. The summed E-state index contributed by atoms with van der Waals surface area (Å²) in [6.07, 6.45) is 41.7. The number of hydrogen-bond donors (Lipinski definition) is 1. The number of allylic oxidation sites excluding steroid dienone is 8. The van der Waals surface area contributed by atoms with Crippen LogP contribution in [0.25, 0.3) is 0 Å².